The van der Waals surface area contributed by atoms with Gasteiger partial charge in [-0.1, -0.05) is 10.7 Å². The Morgan fingerprint density at radius 1 is 1.17 bits per heavy atom. The minimum absolute atomic E-state index is 0.00156. The van der Waals surface area contributed by atoms with Crippen LogP contribution in [0.15, 0.2) is 54.9 Å². The van der Waals surface area contributed by atoms with E-state index in [1.807, 2.05) is 18.2 Å². The molecule has 0 aliphatic carbocycles. The van der Waals surface area contributed by atoms with Crippen LogP contribution in [-0.4, -0.2) is 10.0 Å². The molecule has 0 amide bonds. The van der Waals surface area contributed by atoms with Gasteiger partial charge in [-0.25, -0.2) is 0 Å². The number of nitro benzene ring substituents is 1. The summed E-state index contributed by atoms with van der Waals surface area (Å²) in [5.41, 5.74) is 3.36. The van der Waals surface area contributed by atoms with Gasteiger partial charge in [0.25, 0.3) is 5.69 Å². The SMILES string of the molecule is O=[N+]([O-])c1ccc(C(O)N[n+]2ccccc2)cc1. The van der Waals surface area contributed by atoms with Crippen molar-refractivity contribution in [1.29, 1.82) is 0 Å². The van der Waals surface area contributed by atoms with Crippen LogP contribution in [0.2, 0.25) is 0 Å². The van der Waals surface area contributed by atoms with Gasteiger partial charge in [-0.3, -0.25) is 10.1 Å². The number of benzene rings is 1. The number of aromatic nitrogens is 1. The third kappa shape index (κ3) is 2.80. The van der Waals surface area contributed by atoms with E-state index < -0.39 is 11.2 Å². The summed E-state index contributed by atoms with van der Waals surface area (Å²) in [6.45, 7) is 0. The molecule has 0 saturated heterocycles. The summed E-state index contributed by atoms with van der Waals surface area (Å²) in [6, 6.07) is 11.2. The third-order valence-electron chi connectivity index (χ3n) is 2.41. The van der Waals surface area contributed by atoms with Gasteiger partial charge >= 0.3 is 0 Å². The number of nitrogens with one attached hydrogen (secondary N) is 1. The van der Waals surface area contributed by atoms with Crippen LogP contribution < -0.4 is 10.1 Å². The lowest BCUT2D eigenvalue weighted by Crippen LogP contribution is -2.46. The summed E-state index contributed by atoms with van der Waals surface area (Å²) in [5.74, 6) is 0. The van der Waals surface area contributed by atoms with Crippen LogP contribution in [0.3, 0.4) is 0 Å². The second-order valence-electron chi connectivity index (χ2n) is 3.66. The average molecular weight is 246 g/mol. The van der Waals surface area contributed by atoms with Gasteiger partial charge < -0.3 is 5.11 Å². The van der Waals surface area contributed by atoms with Gasteiger partial charge in [0.1, 0.15) is 0 Å². The first-order valence-corrected chi connectivity index (χ1v) is 5.32. The Labute approximate surface area is 103 Å². The van der Waals surface area contributed by atoms with Gasteiger partial charge in [0, 0.05) is 29.8 Å². The predicted molar refractivity (Wildman–Crippen MR) is 64.1 cm³/mol. The van der Waals surface area contributed by atoms with E-state index in [2.05, 4.69) is 5.43 Å². The Bertz CT molecular complexity index is 528. The van der Waals surface area contributed by atoms with Gasteiger partial charge in [0.05, 0.1) is 4.92 Å². The molecule has 0 fully saturated rings. The maximum Gasteiger partial charge on any atom is 0.269 e. The first kappa shape index (κ1) is 12.0. The molecule has 2 aromatic rings. The van der Waals surface area contributed by atoms with E-state index in [1.165, 1.54) is 24.3 Å². The molecule has 1 aromatic heterocycles. The Hall–Kier alpha value is -2.47. The zero-order valence-electron chi connectivity index (χ0n) is 9.43. The summed E-state index contributed by atoms with van der Waals surface area (Å²) >= 11 is 0. The number of nitro groups is 1. The molecule has 0 radical (unpaired) electrons. The highest BCUT2D eigenvalue weighted by Gasteiger charge is 2.12. The van der Waals surface area contributed by atoms with Crippen molar-refractivity contribution in [3.05, 3.63) is 70.5 Å². The molecule has 1 heterocycles. The van der Waals surface area contributed by atoms with E-state index in [-0.39, 0.29) is 5.69 Å². The van der Waals surface area contributed by atoms with Crippen LogP contribution >= 0.6 is 0 Å². The van der Waals surface area contributed by atoms with E-state index in [1.54, 1.807) is 17.1 Å². The zero-order chi connectivity index (χ0) is 13.0. The lowest BCUT2D eigenvalue weighted by molar-refractivity contribution is -0.658. The Kier molecular flexibility index (Phi) is 3.49. The summed E-state index contributed by atoms with van der Waals surface area (Å²) < 4.78 is 1.60. The van der Waals surface area contributed by atoms with Crippen LogP contribution in [0.4, 0.5) is 5.69 Å². The van der Waals surface area contributed by atoms with E-state index in [0.29, 0.717) is 5.56 Å². The summed E-state index contributed by atoms with van der Waals surface area (Å²) in [5, 5.41) is 20.4. The number of rotatable bonds is 4. The van der Waals surface area contributed by atoms with Gasteiger partial charge in [0.15, 0.2) is 12.4 Å². The molecule has 0 spiro atoms. The normalized spacial score (nSPS) is 11.8. The summed E-state index contributed by atoms with van der Waals surface area (Å²) in [6.07, 6.45) is 2.56. The monoisotopic (exact) mass is 246 g/mol. The van der Waals surface area contributed by atoms with Crippen molar-refractivity contribution in [1.82, 2.24) is 0 Å². The first-order valence-electron chi connectivity index (χ1n) is 5.32. The molecule has 92 valence electrons. The number of pyridine rings is 1. The van der Waals surface area contributed by atoms with Crippen molar-refractivity contribution in [2.75, 3.05) is 5.43 Å². The molecular weight excluding hydrogens is 234 g/mol. The molecule has 18 heavy (non-hydrogen) atoms. The number of nitrogens with zero attached hydrogens (tertiary/aromatic N) is 2. The fourth-order valence-corrected chi connectivity index (χ4v) is 1.48. The first-order chi connectivity index (χ1) is 8.66. The highest BCUT2D eigenvalue weighted by molar-refractivity contribution is 5.33. The molecule has 1 aromatic carbocycles. The lowest BCUT2D eigenvalue weighted by atomic mass is 10.2. The largest absolute Gasteiger partial charge is 0.365 e. The van der Waals surface area contributed by atoms with Crippen molar-refractivity contribution in [3.8, 4) is 0 Å². The molecule has 1 unspecified atom stereocenters. The van der Waals surface area contributed by atoms with Crippen LogP contribution in [0.1, 0.15) is 11.8 Å². The van der Waals surface area contributed by atoms with Crippen molar-refractivity contribution in [3.63, 3.8) is 0 Å². The second kappa shape index (κ2) is 5.24. The maximum atomic E-state index is 10.5. The number of hydrogen-bond donors (Lipinski definition) is 2. The van der Waals surface area contributed by atoms with Crippen molar-refractivity contribution >= 4 is 5.69 Å². The molecule has 2 rings (SSSR count). The Balaban J connectivity index is 2.09. The molecule has 0 saturated carbocycles. The third-order valence-corrected chi connectivity index (χ3v) is 2.41. The highest BCUT2D eigenvalue weighted by atomic mass is 16.6. The van der Waals surface area contributed by atoms with Crippen molar-refractivity contribution in [2.24, 2.45) is 0 Å². The molecule has 2 N–H and O–H groups in total. The van der Waals surface area contributed by atoms with Crippen molar-refractivity contribution in [2.45, 2.75) is 6.23 Å². The van der Waals surface area contributed by atoms with Gasteiger partial charge in [-0.05, 0) is 12.1 Å². The zero-order valence-corrected chi connectivity index (χ0v) is 9.43. The van der Waals surface area contributed by atoms with E-state index >= 15 is 0 Å². The number of hydrogen-bond acceptors (Lipinski definition) is 4. The van der Waals surface area contributed by atoms with Gasteiger partial charge in [-0.2, -0.15) is 5.43 Å². The standard InChI is InChI=1S/C12H12N3O3/c16-12(13-14-8-2-1-3-9-14)10-4-6-11(7-5-10)15(17)18/h1-9,12-13,16H/q+1. The highest BCUT2D eigenvalue weighted by Crippen LogP contribution is 2.15. The molecule has 0 bridgehead atoms. The van der Waals surface area contributed by atoms with Crippen LogP contribution in [-0.2, 0) is 0 Å². The van der Waals surface area contributed by atoms with E-state index in [0.717, 1.165) is 0 Å². The van der Waals surface area contributed by atoms with Crippen LogP contribution in [0, 0.1) is 10.1 Å². The van der Waals surface area contributed by atoms with Crippen LogP contribution in [0.25, 0.3) is 0 Å². The predicted octanol–water partition coefficient (Wildman–Crippen LogP) is 1.12. The Morgan fingerprint density at radius 2 is 1.78 bits per heavy atom. The van der Waals surface area contributed by atoms with E-state index in [4.69, 9.17) is 0 Å². The molecule has 0 aliphatic heterocycles. The van der Waals surface area contributed by atoms with Crippen molar-refractivity contribution < 1.29 is 14.7 Å². The Morgan fingerprint density at radius 3 is 2.33 bits per heavy atom. The van der Waals surface area contributed by atoms with Gasteiger partial charge in [0.2, 0.25) is 6.23 Å². The van der Waals surface area contributed by atoms with E-state index in [9.17, 15) is 15.2 Å². The molecule has 1 atom stereocenters. The molecule has 6 heteroatoms. The fourth-order valence-electron chi connectivity index (χ4n) is 1.48. The summed E-state index contributed by atoms with van der Waals surface area (Å²) in [7, 11) is 0. The maximum absolute atomic E-state index is 10.5. The summed E-state index contributed by atoms with van der Waals surface area (Å²) in [4.78, 5) is 10.0. The number of non-ortho nitro benzene ring substituents is 1. The minimum Gasteiger partial charge on any atom is -0.365 e. The second-order valence-corrected chi connectivity index (χ2v) is 3.66. The number of aliphatic hydroxyl groups excluding tert-OH is 1. The lowest BCUT2D eigenvalue weighted by Gasteiger charge is -2.08. The van der Waals surface area contributed by atoms with Crippen LogP contribution in [0.5, 0.6) is 0 Å². The molecular formula is C12H12N3O3+. The number of aliphatic hydroxyl groups is 1. The molecule has 6 nitrogen and oxygen atoms in total. The smallest absolute Gasteiger partial charge is 0.269 e. The minimum atomic E-state index is -0.932. The van der Waals surface area contributed by atoms with Gasteiger partial charge in [-0.15, -0.1) is 0 Å². The average Bonchev–Trinajstić information content (AvgIpc) is 2.40. The quantitative estimate of drug-likeness (QED) is 0.366. The molecule has 0 aliphatic rings. The topological polar surface area (TPSA) is 79.3 Å². The fraction of sp³-hybridized carbons (Fsp3) is 0.0833.